The molecule has 3 rings (SSSR count). The normalized spacial score (nSPS) is 15.1. The molecule has 1 aromatic carbocycles. The Morgan fingerprint density at radius 3 is 2.61 bits per heavy atom. The van der Waals surface area contributed by atoms with E-state index in [1.165, 1.54) is 11.0 Å². The molecule has 2 aromatic rings. The molecule has 148 valence electrons. The van der Waals surface area contributed by atoms with Crippen LogP contribution in [0.3, 0.4) is 0 Å². The first-order valence-corrected chi connectivity index (χ1v) is 8.24. The van der Waals surface area contributed by atoms with Gasteiger partial charge in [0.05, 0.1) is 11.1 Å². The summed E-state index contributed by atoms with van der Waals surface area (Å²) in [4.78, 5) is 29.8. The van der Waals surface area contributed by atoms with Crippen molar-refractivity contribution in [2.45, 2.75) is 32.1 Å². The van der Waals surface area contributed by atoms with Crippen LogP contribution in [0.25, 0.3) is 0 Å². The fourth-order valence-corrected chi connectivity index (χ4v) is 3.28. The number of rotatable bonds is 2. The summed E-state index contributed by atoms with van der Waals surface area (Å²) in [5, 5.41) is 11.3. The third kappa shape index (κ3) is 3.38. The van der Waals surface area contributed by atoms with Crippen molar-refractivity contribution in [1.29, 1.82) is 0 Å². The molecule has 0 atom stereocenters. The minimum atomic E-state index is -4.56. The van der Waals surface area contributed by atoms with Gasteiger partial charge in [-0.15, -0.1) is 0 Å². The van der Waals surface area contributed by atoms with Gasteiger partial charge in [-0.05, 0) is 43.2 Å². The molecule has 3 amide bonds. The van der Waals surface area contributed by atoms with Crippen molar-refractivity contribution in [3.63, 3.8) is 0 Å². The molecule has 0 saturated carbocycles. The lowest BCUT2D eigenvalue weighted by molar-refractivity contribution is -0.137. The van der Waals surface area contributed by atoms with E-state index in [1.807, 2.05) is 0 Å². The quantitative estimate of drug-likeness (QED) is 0.537. The van der Waals surface area contributed by atoms with Gasteiger partial charge in [-0.1, -0.05) is 12.1 Å². The number of anilines is 1. The van der Waals surface area contributed by atoms with Crippen LogP contribution >= 0.6 is 0 Å². The van der Waals surface area contributed by atoms with Crippen LogP contribution in [0.1, 0.15) is 40.9 Å². The van der Waals surface area contributed by atoms with Gasteiger partial charge >= 0.3 is 12.2 Å². The number of pyridine rings is 1. The molecular weight excluding hydrogens is 377 g/mol. The molecular formula is C18H17F3N4O3. The number of hydrogen-bond acceptors (Lipinski definition) is 4. The molecule has 1 aliphatic rings. The maximum atomic E-state index is 12.9. The number of carbonyl (C=O) groups excluding carboxylic acids is 2. The number of hydroxylamine groups is 1. The van der Waals surface area contributed by atoms with Gasteiger partial charge in [0.2, 0.25) is 0 Å². The predicted molar refractivity (Wildman–Crippen MR) is 92.5 cm³/mol. The summed E-state index contributed by atoms with van der Waals surface area (Å²) in [6.45, 7) is 3.54. The zero-order valence-corrected chi connectivity index (χ0v) is 15.0. The molecule has 1 aromatic heterocycles. The highest BCUT2D eigenvalue weighted by Gasteiger charge is 2.42. The predicted octanol–water partition coefficient (Wildman–Crippen LogP) is 3.50. The molecule has 7 nitrogen and oxygen atoms in total. The minimum Gasteiger partial charge on any atom is -0.311 e. The lowest BCUT2D eigenvalue weighted by Gasteiger charge is -2.32. The molecule has 10 heteroatoms. The first-order valence-electron chi connectivity index (χ1n) is 8.24. The second kappa shape index (κ2) is 6.79. The third-order valence-corrected chi connectivity index (χ3v) is 4.74. The number of aromatic nitrogens is 1. The summed E-state index contributed by atoms with van der Waals surface area (Å²) in [7, 11) is 0. The summed E-state index contributed by atoms with van der Waals surface area (Å²) >= 11 is 0. The Balaban J connectivity index is 1.89. The number of halogens is 3. The number of alkyl halides is 3. The number of carbonyl (C=O) groups is 2. The largest absolute Gasteiger partial charge is 0.416 e. The fraction of sp³-hybridized carbons (Fsp3) is 0.278. The van der Waals surface area contributed by atoms with Gasteiger partial charge in [-0.3, -0.25) is 15.3 Å². The van der Waals surface area contributed by atoms with E-state index in [4.69, 9.17) is 5.21 Å². The van der Waals surface area contributed by atoms with Crippen LogP contribution < -0.4 is 10.8 Å². The van der Waals surface area contributed by atoms with Crippen LogP contribution in [-0.4, -0.2) is 27.0 Å². The van der Waals surface area contributed by atoms with Gasteiger partial charge in [0.25, 0.3) is 5.91 Å². The van der Waals surface area contributed by atoms with E-state index in [0.29, 0.717) is 11.1 Å². The standard InChI is InChI=1S/C18H17F3N4O3/c1-17(2)13-5-3-4-11(15(26)24-28)12(13)9-25(17)16(27)23-14-8-10(6-7-22-14)18(19,20)21/h3-8,28H,9H2,1-2H3,(H,24,26)(H,22,23,27). The fourth-order valence-electron chi connectivity index (χ4n) is 3.28. The Morgan fingerprint density at radius 1 is 1.25 bits per heavy atom. The van der Waals surface area contributed by atoms with E-state index in [-0.39, 0.29) is 17.9 Å². The van der Waals surface area contributed by atoms with Crippen LogP contribution in [0.4, 0.5) is 23.8 Å². The van der Waals surface area contributed by atoms with Gasteiger partial charge in [0, 0.05) is 18.3 Å². The first kappa shape index (κ1) is 19.6. The van der Waals surface area contributed by atoms with E-state index in [1.54, 1.807) is 31.5 Å². The first-order chi connectivity index (χ1) is 13.1. The number of nitrogens with zero attached hydrogens (tertiary/aromatic N) is 2. The Labute approximate surface area is 158 Å². The van der Waals surface area contributed by atoms with Crippen molar-refractivity contribution in [2.75, 3.05) is 5.32 Å². The Bertz CT molecular complexity index is 944. The highest BCUT2D eigenvalue weighted by atomic mass is 19.4. The van der Waals surface area contributed by atoms with E-state index < -0.39 is 29.2 Å². The van der Waals surface area contributed by atoms with E-state index >= 15 is 0 Å². The topological polar surface area (TPSA) is 94.6 Å². The van der Waals surface area contributed by atoms with E-state index in [2.05, 4.69) is 10.3 Å². The van der Waals surface area contributed by atoms with Crippen molar-refractivity contribution in [1.82, 2.24) is 15.4 Å². The summed E-state index contributed by atoms with van der Waals surface area (Å²) in [6.07, 6.45) is -3.59. The number of urea groups is 1. The molecule has 2 heterocycles. The molecule has 1 aliphatic heterocycles. The molecule has 0 aliphatic carbocycles. The second-order valence-electron chi connectivity index (χ2n) is 6.78. The highest BCUT2D eigenvalue weighted by Crippen LogP contribution is 2.40. The zero-order chi connectivity index (χ0) is 20.7. The lowest BCUT2D eigenvalue weighted by atomic mass is 9.91. The number of nitrogens with one attached hydrogen (secondary N) is 2. The SMILES string of the molecule is CC1(C)c2cccc(C(=O)NO)c2CN1C(=O)Nc1cc(C(F)(F)F)ccn1. The molecule has 0 saturated heterocycles. The van der Waals surface area contributed by atoms with Gasteiger partial charge < -0.3 is 4.90 Å². The van der Waals surface area contributed by atoms with Gasteiger partial charge in [0.15, 0.2) is 0 Å². The number of benzene rings is 1. The number of amides is 3. The average molecular weight is 394 g/mol. The van der Waals surface area contributed by atoms with Crippen LogP contribution in [0.2, 0.25) is 0 Å². The van der Waals surface area contributed by atoms with Crippen molar-refractivity contribution in [3.05, 3.63) is 58.8 Å². The number of fused-ring (bicyclic) bond motifs is 1. The van der Waals surface area contributed by atoms with E-state index in [0.717, 1.165) is 18.3 Å². The van der Waals surface area contributed by atoms with Crippen LogP contribution in [0, 0.1) is 0 Å². The van der Waals surface area contributed by atoms with Crippen molar-refractivity contribution in [3.8, 4) is 0 Å². The van der Waals surface area contributed by atoms with Crippen molar-refractivity contribution < 1.29 is 28.0 Å². The molecule has 0 spiro atoms. The molecule has 0 fully saturated rings. The Hall–Kier alpha value is -3.14. The Kier molecular flexibility index (Phi) is 4.76. The molecule has 0 bridgehead atoms. The van der Waals surface area contributed by atoms with Crippen LogP contribution in [-0.2, 0) is 18.3 Å². The molecule has 0 radical (unpaired) electrons. The van der Waals surface area contributed by atoms with Crippen LogP contribution in [0.15, 0.2) is 36.5 Å². The summed E-state index contributed by atoms with van der Waals surface area (Å²) in [5.74, 6) is -0.950. The smallest absolute Gasteiger partial charge is 0.311 e. The van der Waals surface area contributed by atoms with Gasteiger partial charge in [-0.25, -0.2) is 15.3 Å². The molecule has 3 N–H and O–H groups in total. The van der Waals surface area contributed by atoms with Gasteiger partial charge in [0.1, 0.15) is 5.82 Å². The molecule has 28 heavy (non-hydrogen) atoms. The second-order valence-corrected chi connectivity index (χ2v) is 6.78. The summed E-state index contributed by atoms with van der Waals surface area (Å²) in [6, 6.07) is 5.78. The van der Waals surface area contributed by atoms with Gasteiger partial charge in [-0.2, -0.15) is 13.2 Å². The maximum absolute atomic E-state index is 12.9. The zero-order valence-electron chi connectivity index (χ0n) is 15.0. The minimum absolute atomic E-state index is 0.0384. The average Bonchev–Trinajstić information content (AvgIpc) is 2.92. The Morgan fingerprint density at radius 2 is 1.96 bits per heavy atom. The monoisotopic (exact) mass is 394 g/mol. The third-order valence-electron chi connectivity index (χ3n) is 4.74. The summed E-state index contributed by atoms with van der Waals surface area (Å²) in [5.41, 5.74) is 1.25. The lowest BCUT2D eigenvalue weighted by Crippen LogP contribution is -2.42. The summed E-state index contributed by atoms with van der Waals surface area (Å²) < 4.78 is 38.6. The molecule has 0 unspecified atom stereocenters. The highest BCUT2D eigenvalue weighted by molar-refractivity contribution is 5.96. The van der Waals surface area contributed by atoms with E-state index in [9.17, 15) is 22.8 Å². The number of hydrogen-bond donors (Lipinski definition) is 3. The maximum Gasteiger partial charge on any atom is 0.416 e. The van der Waals surface area contributed by atoms with Crippen molar-refractivity contribution >= 4 is 17.8 Å². The van der Waals surface area contributed by atoms with Crippen molar-refractivity contribution in [2.24, 2.45) is 0 Å². The van der Waals surface area contributed by atoms with Crippen LogP contribution in [0.5, 0.6) is 0 Å².